The van der Waals surface area contributed by atoms with Crippen molar-refractivity contribution in [3.63, 3.8) is 0 Å². The van der Waals surface area contributed by atoms with Crippen molar-refractivity contribution in [2.75, 3.05) is 13.7 Å². The number of nitrogens with one attached hydrogen (secondary N) is 1. The lowest BCUT2D eigenvalue weighted by molar-refractivity contribution is -0.125. The molecule has 2 aromatic heterocycles. The average molecular weight is 398 g/mol. The third kappa shape index (κ3) is 5.21. The fourth-order valence-electron chi connectivity index (χ4n) is 4.33. The van der Waals surface area contributed by atoms with E-state index in [1.54, 1.807) is 7.11 Å². The number of carbonyl (C=O) groups excluding carboxylic acids is 1. The van der Waals surface area contributed by atoms with Crippen molar-refractivity contribution in [2.24, 2.45) is 18.9 Å². The Morgan fingerprint density at radius 1 is 1.17 bits per heavy atom. The zero-order chi connectivity index (χ0) is 20.2. The first-order chi connectivity index (χ1) is 14.1. The van der Waals surface area contributed by atoms with Gasteiger partial charge in [-0.3, -0.25) is 9.48 Å². The molecule has 2 fully saturated rings. The molecule has 2 saturated carbocycles. The van der Waals surface area contributed by atoms with Crippen LogP contribution in [0.1, 0.15) is 50.0 Å². The van der Waals surface area contributed by atoms with E-state index in [1.165, 1.54) is 18.5 Å². The summed E-state index contributed by atoms with van der Waals surface area (Å²) >= 11 is 0. The minimum atomic E-state index is -0.0227. The predicted octanol–water partition coefficient (Wildman–Crippen LogP) is 2.69. The Balaban J connectivity index is 1.36. The minimum Gasteiger partial charge on any atom is -0.375 e. The van der Waals surface area contributed by atoms with Gasteiger partial charge in [-0.2, -0.15) is 5.10 Å². The molecule has 29 heavy (non-hydrogen) atoms. The molecule has 2 heterocycles. The van der Waals surface area contributed by atoms with Gasteiger partial charge in [-0.25, -0.2) is 9.97 Å². The molecule has 0 spiro atoms. The molecule has 7 nitrogen and oxygen atoms in total. The van der Waals surface area contributed by atoms with Crippen LogP contribution in [0.25, 0.3) is 11.3 Å². The smallest absolute Gasteiger partial charge is 0.246 e. The van der Waals surface area contributed by atoms with Gasteiger partial charge in [0.1, 0.15) is 12.4 Å². The number of aryl methyl sites for hydroxylation is 1. The van der Waals surface area contributed by atoms with E-state index in [2.05, 4.69) is 15.4 Å². The first kappa shape index (κ1) is 20.0. The molecule has 0 bridgehead atoms. The SMILES string of the molecule is COCC(=O)NC1CCC(Cc2nccc(-c3cnn(C)c3CC3CC3)n2)CC1. The Morgan fingerprint density at radius 3 is 2.62 bits per heavy atom. The third-order valence-corrected chi connectivity index (χ3v) is 6.18. The van der Waals surface area contributed by atoms with Gasteiger partial charge in [-0.1, -0.05) is 0 Å². The molecule has 156 valence electrons. The number of hydrogen-bond acceptors (Lipinski definition) is 5. The van der Waals surface area contributed by atoms with Crippen LogP contribution < -0.4 is 5.32 Å². The second-order valence-corrected chi connectivity index (χ2v) is 8.56. The van der Waals surface area contributed by atoms with Crippen LogP contribution in [0.15, 0.2) is 18.5 Å². The van der Waals surface area contributed by atoms with Crippen LogP contribution in [0, 0.1) is 11.8 Å². The molecule has 0 unspecified atom stereocenters. The van der Waals surface area contributed by atoms with Crippen LogP contribution in [-0.4, -0.2) is 45.4 Å². The number of rotatable bonds is 8. The van der Waals surface area contributed by atoms with Crippen molar-refractivity contribution in [1.82, 2.24) is 25.1 Å². The summed E-state index contributed by atoms with van der Waals surface area (Å²) in [7, 11) is 3.57. The lowest BCUT2D eigenvalue weighted by atomic mass is 9.84. The maximum absolute atomic E-state index is 11.7. The molecule has 2 aromatic rings. The molecule has 0 saturated heterocycles. The number of ether oxygens (including phenoxy) is 1. The molecule has 1 N–H and O–H groups in total. The molecular weight excluding hydrogens is 366 g/mol. The molecule has 0 radical (unpaired) electrons. The zero-order valence-corrected chi connectivity index (χ0v) is 17.4. The van der Waals surface area contributed by atoms with E-state index >= 15 is 0 Å². The maximum Gasteiger partial charge on any atom is 0.246 e. The number of amides is 1. The highest BCUT2D eigenvalue weighted by Gasteiger charge is 2.26. The summed E-state index contributed by atoms with van der Waals surface area (Å²) < 4.78 is 6.89. The van der Waals surface area contributed by atoms with E-state index in [4.69, 9.17) is 9.72 Å². The maximum atomic E-state index is 11.7. The highest BCUT2D eigenvalue weighted by atomic mass is 16.5. The topological polar surface area (TPSA) is 81.9 Å². The van der Waals surface area contributed by atoms with Gasteiger partial charge in [0.15, 0.2) is 0 Å². The van der Waals surface area contributed by atoms with Crippen molar-refractivity contribution in [1.29, 1.82) is 0 Å². The number of aromatic nitrogens is 4. The van der Waals surface area contributed by atoms with Crippen LogP contribution >= 0.6 is 0 Å². The van der Waals surface area contributed by atoms with Crippen LogP contribution in [-0.2, 0) is 29.4 Å². The number of carbonyl (C=O) groups is 1. The Kier molecular flexibility index (Phi) is 6.23. The molecule has 0 aliphatic heterocycles. The minimum absolute atomic E-state index is 0.0227. The summed E-state index contributed by atoms with van der Waals surface area (Å²) in [6.45, 7) is 0.137. The fraction of sp³-hybridized carbons (Fsp3) is 0.636. The number of hydrogen-bond donors (Lipinski definition) is 1. The number of methoxy groups -OCH3 is 1. The normalized spacial score (nSPS) is 21.9. The Hall–Kier alpha value is -2.28. The van der Waals surface area contributed by atoms with Gasteiger partial charge in [0.2, 0.25) is 5.91 Å². The lowest BCUT2D eigenvalue weighted by Gasteiger charge is -2.28. The first-order valence-electron chi connectivity index (χ1n) is 10.7. The largest absolute Gasteiger partial charge is 0.375 e. The van der Waals surface area contributed by atoms with E-state index in [0.29, 0.717) is 5.92 Å². The van der Waals surface area contributed by atoms with Crippen molar-refractivity contribution >= 4 is 5.91 Å². The predicted molar refractivity (Wildman–Crippen MR) is 110 cm³/mol. The van der Waals surface area contributed by atoms with Gasteiger partial charge in [0.05, 0.1) is 11.9 Å². The Bertz CT molecular complexity index is 837. The molecule has 0 atom stereocenters. The van der Waals surface area contributed by atoms with Gasteiger partial charge < -0.3 is 10.1 Å². The van der Waals surface area contributed by atoms with E-state index in [-0.39, 0.29) is 18.6 Å². The molecule has 2 aliphatic rings. The first-order valence-corrected chi connectivity index (χ1v) is 10.7. The summed E-state index contributed by atoms with van der Waals surface area (Å²) in [4.78, 5) is 21.1. The van der Waals surface area contributed by atoms with Crippen LogP contribution in [0.3, 0.4) is 0 Å². The second-order valence-electron chi connectivity index (χ2n) is 8.56. The Morgan fingerprint density at radius 2 is 1.90 bits per heavy atom. The lowest BCUT2D eigenvalue weighted by Crippen LogP contribution is -2.39. The van der Waals surface area contributed by atoms with E-state index in [9.17, 15) is 4.79 Å². The molecule has 0 aromatic carbocycles. The van der Waals surface area contributed by atoms with Gasteiger partial charge >= 0.3 is 0 Å². The molecule has 7 heteroatoms. The summed E-state index contributed by atoms with van der Waals surface area (Å²) in [6.07, 6.45) is 12.6. The standard InChI is InChI=1S/C22H31N5O2/c1-27-20(11-15-3-4-15)18(13-24-27)19-9-10-23-21(26-19)12-16-5-7-17(8-6-16)25-22(28)14-29-2/h9-10,13,15-17H,3-8,11-12,14H2,1-2H3,(H,25,28). The van der Waals surface area contributed by atoms with E-state index < -0.39 is 0 Å². The summed E-state index contributed by atoms with van der Waals surface area (Å²) in [6, 6.07) is 2.26. The third-order valence-electron chi connectivity index (χ3n) is 6.18. The quantitative estimate of drug-likeness (QED) is 0.741. The van der Waals surface area contributed by atoms with Crippen molar-refractivity contribution in [3.8, 4) is 11.3 Å². The average Bonchev–Trinajstić information content (AvgIpc) is 3.46. The molecule has 4 rings (SSSR count). The van der Waals surface area contributed by atoms with Gasteiger partial charge in [0, 0.05) is 44.1 Å². The van der Waals surface area contributed by atoms with Crippen molar-refractivity contribution in [2.45, 2.75) is 57.4 Å². The second kappa shape index (κ2) is 9.03. The van der Waals surface area contributed by atoms with Gasteiger partial charge in [-0.05, 0) is 62.8 Å². The summed E-state index contributed by atoms with van der Waals surface area (Å²) in [5.74, 6) is 2.27. The summed E-state index contributed by atoms with van der Waals surface area (Å²) in [5.41, 5.74) is 3.41. The molecular formula is C22H31N5O2. The molecule has 2 aliphatic carbocycles. The van der Waals surface area contributed by atoms with Crippen LogP contribution in [0.4, 0.5) is 0 Å². The Labute approximate surface area is 172 Å². The highest BCUT2D eigenvalue weighted by Crippen LogP contribution is 2.35. The van der Waals surface area contributed by atoms with Gasteiger partial charge in [0.25, 0.3) is 0 Å². The number of nitrogens with zero attached hydrogens (tertiary/aromatic N) is 4. The highest BCUT2D eigenvalue weighted by molar-refractivity contribution is 5.77. The zero-order valence-electron chi connectivity index (χ0n) is 17.4. The van der Waals surface area contributed by atoms with E-state index in [0.717, 1.165) is 61.5 Å². The van der Waals surface area contributed by atoms with Crippen molar-refractivity contribution < 1.29 is 9.53 Å². The van der Waals surface area contributed by atoms with Crippen LogP contribution in [0.5, 0.6) is 0 Å². The molecule has 1 amide bonds. The van der Waals surface area contributed by atoms with Crippen molar-refractivity contribution in [3.05, 3.63) is 30.0 Å². The van der Waals surface area contributed by atoms with Crippen LogP contribution in [0.2, 0.25) is 0 Å². The van der Waals surface area contributed by atoms with Gasteiger partial charge in [-0.15, -0.1) is 0 Å². The van der Waals surface area contributed by atoms with E-state index in [1.807, 2.05) is 30.2 Å². The summed E-state index contributed by atoms with van der Waals surface area (Å²) in [5, 5.41) is 7.54. The monoisotopic (exact) mass is 397 g/mol. The fourth-order valence-corrected chi connectivity index (χ4v) is 4.33.